The number of ether oxygens (including phenoxy) is 3. The summed E-state index contributed by atoms with van der Waals surface area (Å²) in [5.74, 6) is 1.93. The Hall–Kier alpha value is -3.98. The third-order valence-corrected chi connectivity index (χ3v) is 6.29. The van der Waals surface area contributed by atoms with Crippen molar-refractivity contribution in [2.24, 2.45) is 0 Å². The van der Waals surface area contributed by atoms with Gasteiger partial charge >= 0.3 is 0 Å². The van der Waals surface area contributed by atoms with Crippen LogP contribution in [0.3, 0.4) is 0 Å². The van der Waals surface area contributed by atoms with E-state index in [9.17, 15) is 9.59 Å². The first-order valence-corrected chi connectivity index (χ1v) is 11.5. The molecule has 0 saturated heterocycles. The van der Waals surface area contributed by atoms with Gasteiger partial charge < -0.3 is 19.5 Å². The lowest BCUT2D eigenvalue weighted by Crippen LogP contribution is -2.25. The second kappa shape index (κ2) is 9.48. The van der Waals surface area contributed by atoms with Gasteiger partial charge in [-0.25, -0.2) is 4.98 Å². The summed E-state index contributed by atoms with van der Waals surface area (Å²) in [6.07, 6.45) is 0. The molecular weight excluding hydrogens is 454 g/mol. The molecule has 0 saturated carbocycles. The van der Waals surface area contributed by atoms with E-state index in [4.69, 9.17) is 14.2 Å². The molecule has 5 rings (SSSR count). The quantitative estimate of drug-likeness (QED) is 0.320. The normalized spacial score (nSPS) is 12.0. The second-order valence-corrected chi connectivity index (χ2v) is 8.50. The van der Waals surface area contributed by atoms with Crippen LogP contribution in [-0.4, -0.2) is 35.1 Å². The van der Waals surface area contributed by atoms with Gasteiger partial charge in [0, 0.05) is 5.69 Å². The number of carbonyl (C=O) groups is 1. The molecule has 4 aromatic rings. The van der Waals surface area contributed by atoms with E-state index in [2.05, 4.69) is 10.3 Å². The number of aromatic nitrogens is 2. The van der Waals surface area contributed by atoms with Gasteiger partial charge in [-0.1, -0.05) is 30.0 Å². The van der Waals surface area contributed by atoms with E-state index in [0.717, 1.165) is 5.56 Å². The van der Waals surface area contributed by atoms with Crippen LogP contribution >= 0.6 is 11.8 Å². The van der Waals surface area contributed by atoms with Crippen molar-refractivity contribution in [3.05, 3.63) is 82.6 Å². The van der Waals surface area contributed by atoms with Gasteiger partial charge in [0.15, 0.2) is 16.7 Å². The van der Waals surface area contributed by atoms with Crippen molar-refractivity contribution in [3.8, 4) is 17.2 Å². The van der Waals surface area contributed by atoms with Crippen LogP contribution in [0.15, 0.2) is 76.7 Å². The van der Waals surface area contributed by atoms with Crippen molar-refractivity contribution in [1.82, 2.24) is 9.55 Å². The minimum atomic E-state index is -0.202. The van der Waals surface area contributed by atoms with E-state index in [1.165, 1.54) is 11.8 Å². The minimum absolute atomic E-state index is 0.0952. The number of carbonyl (C=O) groups excluding carboxylic acids is 1. The Morgan fingerprint density at radius 2 is 1.88 bits per heavy atom. The molecule has 1 aliphatic heterocycles. The number of nitrogens with one attached hydrogen (secondary N) is 1. The van der Waals surface area contributed by atoms with E-state index in [1.807, 2.05) is 30.3 Å². The maximum absolute atomic E-state index is 13.3. The van der Waals surface area contributed by atoms with Crippen LogP contribution in [0.25, 0.3) is 10.9 Å². The molecule has 1 amide bonds. The fraction of sp³-hybridized carbons (Fsp3) is 0.160. The Balaban J connectivity index is 1.40. The lowest BCUT2D eigenvalue weighted by molar-refractivity contribution is -0.113. The molecule has 0 unspecified atom stereocenters. The molecule has 8 nitrogen and oxygen atoms in total. The summed E-state index contributed by atoms with van der Waals surface area (Å²) in [7, 11) is 1.59. The zero-order valence-corrected chi connectivity index (χ0v) is 19.1. The van der Waals surface area contributed by atoms with Crippen molar-refractivity contribution in [2.75, 3.05) is 25.0 Å². The first-order valence-electron chi connectivity index (χ1n) is 10.6. The number of amides is 1. The minimum Gasteiger partial charge on any atom is -0.497 e. The van der Waals surface area contributed by atoms with Gasteiger partial charge in [0.25, 0.3) is 5.56 Å². The van der Waals surface area contributed by atoms with E-state index in [1.54, 1.807) is 48.1 Å². The van der Waals surface area contributed by atoms with E-state index >= 15 is 0 Å². The number of hydrogen-bond donors (Lipinski definition) is 1. The molecule has 1 N–H and O–H groups in total. The van der Waals surface area contributed by atoms with Crippen molar-refractivity contribution in [2.45, 2.75) is 11.7 Å². The van der Waals surface area contributed by atoms with Crippen LogP contribution in [0.1, 0.15) is 5.56 Å². The first-order chi connectivity index (χ1) is 16.6. The number of thioether (sulfide) groups is 1. The average Bonchev–Trinajstić information content (AvgIpc) is 3.33. The number of nitrogens with zero attached hydrogens (tertiary/aromatic N) is 2. The molecule has 0 atom stereocenters. The second-order valence-electron chi connectivity index (χ2n) is 7.56. The molecule has 0 radical (unpaired) electrons. The standard InChI is InChI=1S/C25H21N3O5S/c1-31-18-9-7-17(8-10-18)26-23(29)14-34-25-27-20-5-3-2-4-19(20)24(30)28(25)13-16-6-11-21-22(12-16)33-15-32-21/h2-12H,13-15H2,1H3,(H,26,29). The van der Waals surface area contributed by atoms with Gasteiger partial charge in [-0.2, -0.15) is 0 Å². The highest BCUT2D eigenvalue weighted by molar-refractivity contribution is 7.99. The maximum atomic E-state index is 13.3. The Kier molecular flexibility index (Phi) is 6.09. The predicted molar refractivity (Wildman–Crippen MR) is 130 cm³/mol. The molecular formula is C25H21N3O5S. The van der Waals surface area contributed by atoms with Crippen molar-refractivity contribution in [3.63, 3.8) is 0 Å². The zero-order valence-electron chi connectivity index (χ0n) is 18.3. The molecule has 0 aliphatic carbocycles. The fourth-order valence-corrected chi connectivity index (χ4v) is 4.42. The number of anilines is 1. The van der Waals surface area contributed by atoms with Crippen LogP contribution in [0.5, 0.6) is 17.2 Å². The van der Waals surface area contributed by atoms with Crippen LogP contribution in [0, 0.1) is 0 Å². The molecule has 0 bridgehead atoms. The fourth-order valence-electron chi connectivity index (χ4n) is 3.62. The first kappa shape index (κ1) is 21.8. The SMILES string of the molecule is COc1ccc(NC(=O)CSc2nc3ccccc3c(=O)n2Cc2ccc3c(c2)OCO3)cc1. The molecule has 1 aliphatic rings. The predicted octanol–water partition coefficient (Wildman–Crippen LogP) is 3.91. The molecule has 0 spiro atoms. The monoisotopic (exact) mass is 475 g/mol. The van der Waals surface area contributed by atoms with E-state index in [0.29, 0.717) is 39.0 Å². The van der Waals surface area contributed by atoms with Crippen molar-refractivity contribution < 1.29 is 19.0 Å². The molecule has 172 valence electrons. The Morgan fingerprint density at radius 3 is 2.71 bits per heavy atom. The van der Waals surface area contributed by atoms with Crippen LogP contribution in [0.4, 0.5) is 5.69 Å². The number of benzene rings is 3. The lowest BCUT2D eigenvalue weighted by atomic mass is 10.2. The summed E-state index contributed by atoms with van der Waals surface area (Å²) < 4.78 is 17.6. The summed E-state index contributed by atoms with van der Waals surface area (Å²) >= 11 is 1.21. The Labute approximate surface area is 199 Å². The Bertz CT molecular complexity index is 1420. The van der Waals surface area contributed by atoms with Gasteiger partial charge in [0.05, 0.1) is 30.3 Å². The topological polar surface area (TPSA) is 91.7 Å². The largest absolute Gasteiger partial charge is 0.497 e. The molecule has 3 aromatic carbocycles. The van der Waals surface area contributed by atoms with E-state index < -0.39 is 0 Å². The molecule has 0 fully saturated rings. The molecule has 2 heterocycles. The summed E-state index contributed by atoms with van der Waals surface area (Å²) in [4.78, 5) is 30.6. The number of hydrogen-bond acceptors (Lipinski definition) is 7. The number of fused-ring (bicyclic) bond motifs is 2. The van der Waals surface area contributed by atoms with Gasteiger partial charge in [-0.3, -0.25) is 14.2 Å². The zero-order chi connectivity index (χ0) is 23.5. The summed E-state index contributed by atoms with van der Waals surface area (Å²) in [5.41, 5.74) is 1.96. The lowest BCUT2D eigenvalue weighted by Gasteiger charge is -2.14. The van der Waals surface area contributed by atoms with Gasteiger partial charge in [0.1, 0.15) is 5.75 Å². The maximum Gasteiger partial charge on any atom is 0.262 e. The number of para-hydroxylation sites is 1. The third kappa shape index (κ3) is 4.55. The van der Waals surface area contributed by atoms with Crippen LogP contribution < -0.4 is 25.1 Å². The van der Waals surface area contributed by atoms with Gasteiger partial charge in [0.2, 0.25) is 12.7 Å². The summed E-state index contributed by atoms with van der Waals surface area (Å²) in [6.45, 7) is 0.469. The van der Waals surface area contributed by atoms with Crippen molar-refractivity contribution >= 4 is 34.3 Å². The van der Waals surface area contributed by atoms with Gasteiger partial charge in [-0.05, 0) is 54.1 Å². The average molecular weight is 476 g/mol. The molecule has 9 heteroatoms. The van der Waals surface area contributed by atoms with Crippen LogP contribution in [0.2, 0.25) is 0 Å². The molecule has 1 aromatic heterocycles. The number of methoxy groups -OCH3 is 1. The highest BCUT2D eigenvalue weighted by atomic mass is 32.2. The summed E-state index contributed by atoms with van der Waals surface area (Å²) in [5, 5.41) is 3.84. The molecule has 34 heavy (non-hydrogen) atoms. The smallest absolute Gasteiger partial charge is 0.262 e. The summed E-state index contributed by atoms with van der Waals surface area (Å²) in [6, 6.07) is 19.9. The highest BCUT2D eigenvalue weighted by Gasteiger charge is 2.17. The van der Waals surface area contributed by atoms with Crippen LogP contribution in [-0.2, 0) is 11.3 Å². The third-order valence-electron chi connectivity index (χ3n) is 5.31. The van der Waals surface area contributed by atoms with Crippen molar-refractivity contribution in [1.29, 1.82) is 0 Å². The van der Waals surface area contributed by atoms with E-state index in [-0.39, 0.29) is 30.6 Å². The highest BCUT2D eigenvalue weighted by Crippen LogP contribution is 2.33. The van der Waals surface area contributed by atoms with Gasteiger partial charge in [-0.15, -0.1) is 0 Å². The Morgan fingerprint density at radius 1 is 1.09 bits per heavy atom. The number of rotatable bonds is 7.